The molecule has 1 aromatic heterocycles. The first-order valence-electron chi connectivity index (χ1n) is 5.00. The number of nitrogens with two attached hydrogens (primary N) is 1. The summed E-state index contributed by atoms with van der Waals surface area (Å²) in [5.74, 6) is 0. The zero-order valence-corrected chi connectivity index (χ0v) is 10.4. The van der Waals surface area contributed by atoms with Gasteiger partial charge in [-0.05, 0) is 41.4 Å². The second kappa shape index (κ2) is 4.75. The van der Waals surface area contributed by atoms with E-state index in [9.17, 15) is 0 Å². The summed E-state index contributed by atoms with van der Waals surface area (Å²) in [6, 6.07) is 2.76. The van der Waals surface area contributed by atoms with E-state index in [1.165, 1.54) is 24.1 Å². The largest absolute Gasteiger partial charge is 0.322 e. The van der Waals surface area contributed by atoms with E-state index < -0.39 is 0 Å². The van der Waals surface area contributed by atoms with Crippen molar-refractivity contribution in [3.8, 4) is 0 Å². The van der Waals surface area contributed by atoms with Gasteiger partial charge in [-0.15, -0.1) is 11.3 Å². The first-order chi connectivity index (χ1) is 6.77. The normalized spacial score (nSPS) is 24.9. The lowest BCUT2D eigenvalue weighted by atomic mass is 9.98. The molecule has 1 aliphatic rings. The molecule has 3 N–H and O–H groups in total. The summed E-state index contributed by atoms with van der Waals surface area (Å²) < 4.78 is 1.14. The van der Waals surface area contributed by atoms with Crippen LogP contribution in [-0.2, 0) is 0 Å². The Labute approximate surface area is 97.0 Å². The van der Waals surface area contributed by atoms with Crippen LogP contribution in [0.1, 0.15) is 30.2 Å². The van der Waals surface area contributed by atoms with Gasteiger partial charge in [-0.25, -0.2) is 0 Å². The quantitative estimate of drug-likeness (QED) is 0.870. The fourth-order valence-electron chi connectivity index (χ4n) is 1.89. The van der Waals surface area contributed by atoms with Gasteiger partial charge in [-0.1, -0.05) is 6.42 Å². The van der Waals surface area contributed by atoms with E-state index in [0.717, 1.165) is 11.0 Å². The summed E-state index contributed by atoms with van der Waals surface area (Å²) in [7, 11) is 0. The molecule has 14 heavy (non-hydrogen) atoms. The van der Waals surface area contributed by atoms with E-state index in [2.05, 4.69) is 32.7 Å². The maximum atomic E-state index is 6.21. The van der Waals surface area contributed by atoms with Crippen molar-refractivity contribution in [1.82, 2.24) is 5.32 Å². The van der Waals surface area contributed by atoms with Crippen molar-refractivity contribution < 1.29 is 0 Å². The molecule has 1 fully saturated rings. The van der Waals surface area contributed by atoms with E-state index >= 15 is 0 Å². The molecule has 0 radical (unpaired) electrons. The van der Waals surface area contributed by atoms with Gasteiger partial charge in [0, 0.05) is 20.8 Å². The zero-order chi connectivity index (χ0) is 9.97. The van der Waals surface area contributed by atoms with Gasteiger partial charge in [0.2, 0.25) is 0 Å². The van der Waals surface area contributed by atoms with Gasteiger partial charge in [-0.3, -0.25) is 0 Å². The number of nitrogens with one attached hydrogen (secondary N) is 1. The van der Waals surface area contributed by atoms with Crippen LogP contribution in [0.25, 0.3) is 0 Å². The van der Waals surface area contributed by atoms with Crippen LogP contribution in [0.2, 0.25) is 0 Å². The third-order valence-corrected chi connectivity index (χ3v) is 4.49. The van der Waals surface area contributed by atoms with Crippen LogP contribution in [0.4, 0.5) is 0 Å². The lowest BCUT2D eigenvalue weighted by molar-refractivity contribution is 0.356. The van der Waals surface area contributed by atoms with Crippen molar-refractivity contribution >= 4 is 27.3 Å². The Morgan fingerprint density at radius 1 is 1.57 bits per heavy atom. The van der Waals surface area contributed by atoms with Crippen LogP contribution in [0.3, 0.4) is 0 Å². The maximum absolute atomic E-state index is 6.21. The van der Waals surface area contributed by atoms with Gasteiger partial charge in [0.05, 0.1) is 6.04 Å². The molecule has 0 spiro atoms. The monoisotopic (exact) mass is 274 g/mol. The molecular formula is C10H15BrN2S. The molecule has 4 heteroatoms. The fourth-order valence-corrected chi connectivity index (χ4v) is 3.40. The van der Waals surface area contributed by atoms with Gasteiger partial charge in [0.25, 0.3) is 0 Å². The first kappa shape index (κ1) is 10.6. The Balaban J connectivity index is 2.03. The maximum Gasteiger partial charge on any atom is 0.0546 e. The van der Waals surface area contributed by atoms with Crippen molar-refractivity contribution in [3.63, 3.8) is 0 Å². The molecule has 2 heterocycles. The third kappa shape index (κ3) is 2.37. The van der Waals surface area contributed by atoms with E-state index in [-0.39, 0.29) is 6.04 Å². The molecule has 0 saturated carbocycles. The predicted molar refractivity (Wildman–Crippen MR) is 64.6 cm³/mol. The summed E-state index contributed by atoms with van der Waals surface area (Å²) in [4.78, 5) is 1.27. The highest BCUT2D eigenvalue weighted by Crippen LogP contribution is 2.28. The Morgan fingerprint density at radius 3 is 3.00 bits per heavy atom. The summed E-state index contributed by atoms with van der Waals surface area (Å²) in [6.07, 6.45) is 3.80. The number of thiophene rings is 1. The Hall–Kier alpha value is 0.1000. The van der Waals surface area contributed by atoms with Gasteiger partial charge in [0.15, 0.2) is 0 Å². The lowest BCUT2D eigenvalue weighted by Crippen LogP contribution is -2.41. The van der Waals surface area contributed by atoms with E-state index in [4.69, 9.17) is 5.73 Å². The van der Waals surface area contributed by atoms with E-state index in [1.54, 1.807) is 11.3 Å². The molecule has 2 atom stereocenters. The van der Waals surface area contributed by atoms with Gasteiger partial charge in [-0.2, -0.15) is 0 Å². The minimum atomic E-state index is 0.159. The molecule has 0 amide bonds. The van der Waals surface area contributed by atoms with Crippen molar-refractivity contribution in [2.45, 2.75) is 31.3 Å². The number of piperidine rings is 1. The molecule has 0 aromatic carbocycles. The molecule has 78 valence electrons. The average molecular weight is 275 g/mol. The van der Waals surface area contributed by atoms with E-state index in [1.807, 2.05) is 0 Å². The fraction of sp³-hybridized carbons (Fsp3) is 0.600. The number of hydrogen-bond donors (Lipinski definition) is 2. The standard InChI is InChI=1S/C10H15BrN2S/c11-7-5-9(14-6-7)10(12)8-3-1-2-4-13-8/h5-6,8,10,13H,1-4,12H2. The Bertz CT molecular complexity index is 294. The number of hydrogen-bond acceptors (Lipinski definition) is 3. The van der Waals surface area contributed by atoms with Crippen molar-refractivity contribution in [2.75, 3.05) is 6.54 Å². The molecule has 2 unspecified atom stereocenters. The molecule has 2 rings (SSSR count). The minimum absolute atomic E-state index is 0.159. The van der Waals surface area contributed by atoms with Crippen LogP contribution in [0.15, 0.2) is 15.9 Å². The third-order valence-electron chi connectivity index (χ3n) is 2.70. The topological polar surface area (TPSA) is 38.0 Å². The minimum Gasteiger partial charge on any atom is -0.322 e. The molecule has 2 nitrogen and oxygen atoms in total. The SMILES string of the molecule is NC(c1cc(Br)cs1)C1CCCCN1. The molecule has 1 saturated heterocycles. The van der Waals surface area contributed by atoms with Crippen LogP contribution >= 0.6 is 27.3 Å². The zero-order valence-electron chi connectivity index (χ0n) is 8.00. The predicted octanol–water partition coefficient (Wildman–Crippen LogP) is 2.65. The van der Waals surface area contributed by atoms with Gasteiger partial charge >= 0.3 is 0 Å². The highest BCUT2D eigenvalue weighted by Gasteiger charge is 2.22. The average Bonchev–Trinajstić information content (AvgIpc) is 2.65. The van der Waals surface area contributed by atoms with Crippen LogP contribution < -0.4 is 11.1 Å². The van der Waals surface area contributed by atoms with Gasteiger partial charge in [0.1, 0.15) is 0 Å². The highest BCUT2D eigenvalue weighted by atomic mass is 79.9. The first-order valence-corrected chi connectivity index (χ1v) is 6.67. The van der Waals surface area contributed by atoms with Crippen LogP contribution in [0, 0.1) is 0 Å². The van der Waals surface area contributed by atoms with Crippen molar-refractivity contribution in [1.29, 1.82) is 0 Å². The molecule has 0 bridgehead atoms. The second-order valence-electron chi connectivity index (χ2n) is 3.75. The highest BCUT2D eigenvalue weighted by molar-refractivity contribution is 9.10. The van der Waals surface area contributed by atoms with Crippen LogP contribution in [-0.4, -0.2) is 12.6 Å². The molecular weight excluding hydrogens is 260 g/mol. The van der Waals surface area contributed by atoms with Gasteiger partial charge < -0.3 is 11.1 Å². The van der Waals surface area contributed by atoms with Crippen LogP contribution in [0.5, 0.6) is 0 Å². The summed E-state index contributed by atoms with van der Waals surface area (Å²) >= 11 is 5.20. The number of halogens is 1. The molecule has 0 aliphatic carbocycles. The second-order valence-corrected chi connectivity index (χ2v) is 5.61. The molecule has 1 aliphatic heterocycles. The number of rotatable bonds is 2. The summed E-state index contributed by atoms with van der Waals surface area (Å²) in [5.41, 5.74) is 6.21. The summed E-state index contributed by atoms with van der Waals surface area (Å²) in [6.45, 7) is 1.12. The lowest BCUT2D eigenvalue weighted by Gasteiger charge is -2.28. The van der Waals surface area contributed by atoms with E-state index in [0.29, 0.717) is 6.04 Å². The molecule has 1 aromatic rings. The van der Waals surface area contributed by atoms with Crippen molar-refractivity contribution in [2.24, 2.45) is 5.73 Å². The Kier molecular flexibility index (Phi) is 3.60. The Morgan fingerprint density at radius 2 is 2.43 bits per heavy atom. The summed E-state index contributed by atoms with van der Waals surface area (Å²) in [5, 5.41) is 5.59. The van der Waals surface area contributed by atoms with Crippen molar-refractivity contribution in [3.05, 3.63) is 20.8 Å². The smallest absolute Gasteiger partial charge is 0.0546 e.